The second kappa shape index (κ2) is 9.22. The number of carbonyl (C=O) groups is 1. The third-order valence-electron chi connectivity index (χ3n) is 4.96. The zero-order chi connectivity index (χ0) is 23.6. The number of thiazole rings is 1. The SMILES string of the molecule is Cc1ccc(CNC(=O)c2nc(-c3ccc(F)cc3)c(-c3ccc(S(N)(=O)=O)cc3)s2)cc1. The Morgan fingerprint density at radius 1 is 0.970 bits per heavy atom. The highest BCUT2D eigenvalue weighted by Crippen LogP contribution is 2.37. The Labute approximate surface area is 195 Å². The highest BCUT2D eigenvalue weighted by atomic mass is 32.2. The lowest BCUT2D eigenvalue weighted by Gasteiger charge is -2.04. The van der Waals surface area contributed by atoms with E-state index in [0.29, 0.717) is 28.2 Å². The van der Waals surface area contributed by atoms with E-state index in [2.05, 4.69) is 10.3 Å². The molecule has 33 heavy (non-hydrogen) atoms. The summed E-state index contributed by atoms with van der Waals surface area (Å²) >= 11 is 1.17. The highest BCUT2D eigenvalue weighted by Gasteiger charge is 2.20. The van der Waals surface area contributed by atoms with Crippen molar-refractivity contribution in [3.05, 3.63) is 94.7 Å². The van der Waals surface area contributed by atoms with Gasteiger partial charge in [-0.1, -0.05) is 42.0 Å². The van der Waals surface area contributed by atoms with E-state index in [1.165, 1.54) is 35.6 Å². The van der Waals surface area contributed by atoms with Gasteiger partial charge in [-0.05, 0) is 54.4 Å². The molecule has 0 unspecified atom stereocenters. The maximum absolute atomic E-state index is 13.5. The number of amides is 1. The normalized spacial score (nSPS) is 11.4. The number of sulfonamides is 1. The summed E-state index contributed by atoms with van der Waals surface area (Å²) in [6.07, 6.45) is 0. The summed E-state index contributed by atoms with van der Waals surface area (Å²) in [5.41, 5.74) is 3.89. The zero-order valence-electron chi connectivity index (χ0n) is 17.6. The number of nitrogens with two attached hydrogens (primary N) is 1. The van der Waals surface area contributed by atoms with E-state index in [-0.39, 0.29) is 21.6 Å². The van der Waals surface area contributed by atoms with Gasteiger partial charge in [-0.15, -0.1) is 11.3 Å². The number of primary sulfonamides is 1. The first-order valence-electron chi connectivity index (χ1n) is 9.94. The first kappa shape index (κ1) is 22.8. The van der Waals surface area contributed by atoms with Gasteiger partial charge in [0.15, 0.2) is 5.01 Å². The Balaban J connectivity index is 1.68. The van der Waals surface area contributed by atoms with Crippen LogP contribution in [0, 0.1) is 12.7 Å². The van der Waals surface area contributed by atoms with Crippen LogP contribution in [0.1, 0.15) is 20.9 Å². The summed E-state index contributed by atoms with van der Waals surface area (Å²) in [5, 5.41) is 8.30. The summed E-state index contributed by atoms with van der Waals surface area (Å²) in [5.74, 6) is -0.722. The van der Waals surface area contributed by atoms with Crippen molar-refractivity contribution < 1.29 is 17.6 Å². The van der Waals surface area contributed by atoms with Gasteiger partial charge < -0.3 is 5.32 Å². The highest BCUT2D eigenvalue weighted by molar-refractivity contribution is 7.89. The molecule has 0 spiro atoms. The Kier molecular flexibility index (Phi) is 6.37. The number of nitrogens with one attached hydrogen (secondary N) is 1. The standard InChI is InChI=1S/C24H20FN3O3S2/c1-15-2-4-16(5-3-15)14-27-23(29)24-28-21(17-6-10-19(25)11-7-17)22(32-24)18-8-12-20(13-9-18)33(26,30)31/h2-13H,14H2,1H3,(H,27,29)(H2,26,30,31). The molecular weight excluding hydrogens is 461 g/mol. The Bertz CT molecular complexity index is 1400. The van der Waals surface area contributed by atoms with Gasteiger partial charge >= 0.3 is 0 Å². The van der Waals surface area contributed by atoms with Gasteiger partial charge in [0, 0.05) is 12.1 Å². The molecular formula is C24H20FN3O3S2. The van der Waals surface area contributed by atoms with Gasteiger partial charge in [0.05, 0.1) is 15.5 Å². The van der Waals surface area contributed by atoms with Crippen LogP contribution in [0.3, 0.4) is 0 Å². The molecule has 9 heteroatoms. The summed E-state index contributed by atoms with van der Waals surface area (Å²) in [6, 6.07) is 19.6. The number of nitrogens with zero attached hydrogens (tertiary/aromatic N) is 1. The van der Waals surface area contributed by atoms with Crippen molar-refractivity contribution in [3.8, 4) is 21.7 Å². The van der Waals surface area contributed by atoms with Crippen molar-refractivity contribution >= 4 is 27.3 Å². The van der Waals surface area contributed by atoms with Crippen molar-refractivity contribution in [2.24, 2.45) is 5.14 Å². The Morgan fingerprint density at radius 3 is 2.18 bits per heavy atom. The fourth-order valence-corrected chi connectivity index (χ4v) is 4.70. The molecule has 0 radical (unpaired) electrons. The van der Waals surface area contributed by atoms with E-state index in [0.717, 1.165) is 11.1 Å². The van der Waals surface area contributed by atoms with E-state index < -0.39 is 10.0 Å². The number of hydrogen-bond acceptors (Lipinski definition) is 5. The average molecular weight is 482 g/mol. The fourth-order valence-electron chi connectivity index (χ4n) is 3.18. The molecule has 0 atom stereocenters. The third-order valence-corrected chi connectivity index (χ3v) is 6.99. The number of hydrogen-bond donors (Lipinski definition) is 2. The average Bonchev–Trinajstić information content (AvgIpc) is 3.24. The van der Waals surface area contributed by atoms with Crippen molar-refractivity contribution in [3.63, 3.8) is 0 Å². The molecule has 0 aliphatic heterocycles. The molecule has 6 nitrogen and oxygen atoms in total. The third kappa shape index (κ3) is 5.33. The monoisotopic (exact) mass is 481 g/mol. The smallest absolute Gasteiger partial charge is 0.280 e. The number of carbonyl (C=O) groups excluding carboxylic acids is 1. The Morgan fingerprint density at radius 2 is 1.58 bits per heavy atom. The van der Waals surface area contributed by atoms with Crippen LogP contribution in [-0.2, 0) is 16.6 Å². The van der Waals surface area contributed by atoms with Crippen LogP contribution < -0.4 is 10.5 Å². The van der Waals surface area contributed by atoms with Gasteiger partial charge in [0.25, 0.3) is 5.91 Å². The first-order valence-corrected chi connectivity index (χ1v) is 12.3. The quantitative estimate of drug-likeness (QED) is 0.423. The van der Waals surface area contributed by atoms with Crippen LogP contribution in [0.25, 0.3) is 21.7 Å². The van der Waals surface area contributed by atoms with Crippen molar-refractivity contribution in [2.45, 2.75) is 18.4 Å². The fraction of sp³-hybridized carbons (Fsp3) is 0.0833. The van der Waals surface area contributed by atoms with Gasteiger partial charge in [0.2, 0.25) is 10.0 Å². The van der Waals surface area contributed by atoms with Crippen molar-refractivity contribution in [1.29, 1.82) is 0 Å². The first-order chi connectivity index (χ1) is 15.7. The van der Waals surface area contributed by atoms with E-state index in [1.807, 2.05) is 31.2 Å². The summed E-state index contributed by atoms with van der Waals surface area (Å²) in [4.78, 5) is 18.0. The summed E-state index contributed by atoms with van der Waals surface area (Å²) in [7, 11) is -3.83. The molecule has 4 aromatic rings. The minimum Gasteiger partial charge on any atom is -0.346 e. The van der Waals surface area contributed by atoms with Gasteiger partial charge in [-0.2, -0.15) is 0 Å². The molecule has 1 aromatic heterocycles. The van der Waals surface area contributed by atoms with Crippen LogP contribution in [0.4, 0.5) is 4.39 Å². The van der Waals surface area contributed by atoms with Crippen LogP contribution in [-0.4, -0.2) is 19.3 Å². The van der Waals surface area contributed by atoms with Crippen LogP contribution in [0.2, 0.25) is 0 Å². The molecule has 0 saturated carbocycles. The second-order valence-electron chi connectivity index (χ2n) is 7.44. The lowest BCUT2D eigenvalue weighted by Crippen LogP contribution is -2.22. The van der Waals surface area contributed by atoms with Crippen molar-refractivity contribution in [1.82, 2.24) is 10.3 Å². The summed E-state index contributed by atoms with van der Waals surface area (Å²) in [6.45, 7) is 2.34. The van der Waals surface area contributed by atoms with Crippen LogP contribution in [0.5, 0.6) is 0 Å². The van der Waals surface area contributed by atoms with Crippen LogP contribution in [0.15, 0.2) is 77.7 Å². The predicted octanol–water partition coefficient (Wildman–Crippen LogP) is 4.50. The second-order valence-corrected chi connectivity index (χ2v) is 10.0. The molecule has 0 aliphatic rings. The predicted molar refractivity (Wildman–Crippen MR) is 127 cm³/mol. The number of rotatable bonds is 6. The van der Waals surface area contributed by atoms with Gasteiger partial charge in [-0.25, -0.2) is 22.9 Å². The number of halogens is 1. The van der Waals surface area contributed by atoms with E-state index in [4.69, 9.17) is 5.14 Å². The molecule has 4 rings (SSSR count). The molecule has 0 aliphatic carbocycles. The minimum atomic E-state index is -3.83. The van der Waals surface area contributed by atoms with E-state index in [9.17, 15) is 17.6 Å². The van der Waals surface area contributed by atoms with E-state index >= 15 is 0 Å². The molecule has 3 N–H and O–H groups in total. The lowest BCUT2D eigenvalue weighted by atomic mass is 10.1. The number of benzene rings is 3. The zero-order valence-corrected chi connectivity index (χ0v) is 19.2. The van der Waals surface area contributed by atoms with Crippen LogP contribution >= 0.6 is 11.3 Å². The molecule has 0 fully saturated rings. The molecule has 0 bridgehead atoms. The minimum absolute atomic E-state index is 0.0184. The summed E-state index contributed by atoms with van der Waals surface area (Å²) < 4.78 is 36.6. The largest absolute Gasteiger partial charge is 0.346 e. The van der Waals surface area contributed by atoms with E-state index in [1.54, 1.807) is 24.3 Å². The molecule has 1 heterocycles. The molecule has 3 aromatic carbocycles. The topological polar surface area (TPSA) is 102 Å². The van der Waals surface area contributed by atoms with Crippen molar-refractivity contribution in [2.75, 3.05) is 0 Å². The maximum Gasteiger partial charge on any atom is 0.280 e. The molecule has 168 valence electrons. The lowest BCUT2D eigenvalue weighted by molar-refractivity contribution is 0.0950. The Hall–Kier alpha value is -3.40. The number of aryl methyl sites for hydroxylation is 1. The molecule has 0 saturated heterocycles. The van der Waals surface area contributed by atoms with Gasteiger partial charge in [-0.3, -0.25) is 4.79 Å². The molecule has 1 amide bonds. The van der Waals surface area contributed by atoms with Gasteiger partial charge in [0.1, 0.15) is 5.82 Å². The maximum atomic E-state index is 13.5. The number of aromatic nitrogens is 1.